The molecule has 0 aromatic heterocycles. The molecule has 2 atom stereocenters. The van der Waals surface area contributed by atoms with E-state index in [2.05, 4.69) is 4.90 Å². The average molecular weight is 334 g/mol. The average Bonchev–Trinajstić information content (AvgIpc) is 3.04. The van der Waals surface area contributed by atoms with Crippen LogP contribution in [0, 0.1) is 11.7 Å². The number of carbonyl (C=O) groups excluding carboxylic acids is 1. The highest BCUT2D eigenvalue weighted by molar-refractivity contribution is 5.85. The molecule has 0 aliphatic carbocycles. The topological polar surface area (TPSA) is 60.9 Å². The SMILES string of the molecule is O=C(O)[C@@H]1CCCN1C(=O)C1CCCN(Cc2cccc(F)c2)C1. The van der Waals surface area contributed by atoms with E-state index < -0.39 is 12.0 Å². The summed E-state index contributed by atoms with van der Waals surface area (Å²) in [5.74, 6) is -1.36. The zero-order valence-corrected chi connectivity index (χ0v) is 13.7. The molecular formula is C18H23FN2O3. The molecular weight excluding hydrogens is 311 g/mol. The zero-order valence-electron chi connectivity index (χ0n) is 13.7. The minimum Gasteiger partial charge on any atom is -0.480 e. The van der Waals surface area contributed by atoms with Crippen molar-refractivity contribution in [2.75, 3.05) is 19.6 Å². The molecule has 2 fully saturated rings. The quantitative estimate of drug-likeness (QED) is 0.916. The van der Waals surface area contributed by atoms with E-state index in [1.807, 2.05) is 6.07 Å². The first-order valence-corrected chi connectivity index (χ1v) is 8.54. The second kappa shape index (κ2) is 7.30. The Kier molecular flexibility index (Phi) is 5.14. The number of amides is 1. The van der Waals surface area contributed by atoms with Gasteiger partial charge in [-0.15, -0.1) is 0 Å². The number of hydrogen-bond acceptors (Lipinski definition) is 3. The van der Waals surface area contributed by atoms with Crippen LogP contribution >= 0.6 is 0 Å². The predicted molar refractivity (Wildman–Crippen MR) is 86.8 cm³/mol. The van der Waals surface area contributed by atoms with Crippen LogP contribution in [0.25, 0.3) is 0 Å². The minimum atomic E-state index is -0.909. The van der Waals surface area contributed by atoms with Crippen molar-refractivity contribution in [3.8, 4) is 0 Å². The third-order valence-electron chi connectivity index (χ3n) is 4.97. The van der Waals surface area contributed by atoms with Crippen molar-refractivity contribution >= 4 is 11.9 Å². The first-order chi connectivity index (χ1) is 11.5. The fraction of sp³-hybridized carbons (Fsp3) is 0.556. The fourth-order valence-electron chi connectivity index (χ4n) is 3.82. The number of rotatable bonds is 4. The van der Waals surface area contributed by atoms with Crippen LogP contribution in [0.3, 0.4) is 0 Å². The Hall–Kier alpha value is -1.95. The Bertz CT molecular complexity index is 622. The first-order valence-electron chi connectivity index (χ1n) is 8.54. The molecule has 2 heterocycles. The van der Waals surface area contributed by atoms with Gasteiger partial charge in [0.05, 0.1) is 5.92 Å². The standard InChI is InChI=1S/C18H23FN2O3/c19-15-6-1-4-13(10-15)11-20-8-2-5-14(12-20)17(22)21-9-3-7-16(21)18(23)24/h1,4,6,10,14,16H,2-3,5,7-9,11-12H2,(H,23,24)/t14?,16-/m0/s1. The molecule has 1 unspecified atom stereocenters. The number of nitrogens with zero attached hydrogens (tertiary/aromatic N) is 2. The Morgan fingerprint density at radius 3 is 2.75 bits per heavy atom. The van der Waals surface area contributed by atoms with Crippen LogP contribution in [-0.2, 0) is 16.1 Å². The number of carboxylic acids is 1. The van der Waals surface area contributed by atoms with E-state index >= 15 is 0 Å². The predicted octanol–water partition coefficient (Wildman–Crippen LogP) is 2.11. The molecule has 1 aromatic carbocycles. The molecule has 0 bridgehead atoms. The summed E-state index contributed by atoms with van der Waals surface area (Å²) in [6.07, 6.45) is 2.99. The number of benzene rings is 1. The molecule has 2 aliphatic rings. The van der Waals surface area contributed by atoms with Gasteiger partial charge in [-0.05, 0) is 49.9 Å². The van der Waals surface area contributed by atoms with Crippen LogP contribution in [0.1, 0.15) is 31.2 Å². The second-order valence-electron chi connectivity index (χ2n) is 6.73. The van der Waals surface area contributed by atoms with Gasteiger partial charge in [-0.2, -0.15) is 0 Å². The molecule has 24 heavy (non-hydrogen) atoms. The van der Waals surface area contributed by atoms with Crippen LogP contribution in [0.5, 0.6) is 0 Å². The summed E-state index contributed by atoms with van der Waals surface area (Å²) in [5.41, 5.74) is 0.896. The Labute approximate surface area is 141 Å². The minimum absolute atomic E-state index is 0.0381. The van der Waals surface area contributed by atoms with Gasteiger partial charge in [0.2, 0.25) is 5.91 Å². The van der Waals surface area contributed by atoms with Crippen LogP contribution in [0.2, 0.25) is 0 Å². The lowest BCUT2D eigenvalue weighted by molar-refractivity contribution is -0.150. The molecule has 0 radical (unpaired) electrons. The monoisotopic (exact) mass is 334 g/mol. The summed E-state index contributed by atoms with van der Waals surface area (Å²) >= 11 is 0. The smallest absolute Gasteiger partial charge is 0.326 e. The van der Waals surface area contributed by atoms with E-state index in [0.717, 1.165) is 31.4 Å². The van der Waals surface area contributed by atoms with Gasteiger partial charge in [0.1, 0.15) is 11.9 Å². The van der Waals surface area contributed by atoms with Gasteiger partial charge in [0, 0.05) is 19.6 Å². The number of carbonyl (C=O) groups is 2. The van der Waals surface area contributed by atoms with Crippen LogP contribution in [-0.4, -0.2) is 52.5 Å². The molecule has 5 nitrogen and oxygen atoms in total. The van der Waals surface area contributed by atoms with Crippen molar-refractivity contribution in [1.82, 2.24) is 9.80 Å². The number of carboxylic acid groups (broad SMARTS) is 1. The molecule has 0 spiro atoms. The van der Waals surface area contributed by atoms with E-state index in [0.29, 0.717) is 26.1 Å². The number of aliphatic carboxylic acids is 1. The number of piperidine rings is 1. The molecule has 1 aromatic rings. The van der Waals surface area contributed by atoms with Gasteiger partial charge in [-0.1, -0.05) is 12.1 Å². The van der Waals surface area contributed by atoms with E-state index in [1.54, 1.807) is 11.0 Å². The van der Waals surface area contributed by atoms with Gasteiger partial charge in [-0.25, -0.2) is 9.18 Å². The molecule has 2 aliphatic heterocycles. The van der Waals surface area contributed by atoms with Gasteiger partial charge in [-0.3, -0.25) is 9.69 Å². The maximum Gasteiger partial charge on any atom is 0.326 e. The van der Waals surface area contributed by atoms with Gasteiger partial charge >= 0.3 is 5.97 Å². The van der Waals surface area contributed by atoms with E-state index in [1.165, 1.54) is 12.1 Å². The van der Waals surface area contributed by atoms with E-state index in [-0.39, 0.29) is 17.6 Å². The van der Waals surface area contributed by atoms with Crippen LogP contribution < -0.4 is 0 Å². The van der Waals surface area contributed by atoms with Gasteiger partial charge in [0.15, 0.2) is 0 Å². The van der Waals surface area contributed by atoms with Crippen LogP contribution in [0.15, 0.2) is 24.3 Å². The van der Waals surface area contributed by atoms with Gasteiger partial charge in [0.25, 0.3) is 0 Å². The Balaban J connectivity index is 1.62. The number of halogens is 1. The highest BCUT2D eigenvalue weighted by Gasteiger charge is 2.38. The molecule has 3 rings (SSSR count). The normalized spacial score (nSPS) is 25.0. The van der Waals surface area contributed by atoms with Crippen LogP contribution in [0.4, 0.5) is 4.39 Å². The summed E-state index contributed by atoms with van der Waals surface area (Å²) in [4.78, 5) is 27.7. The largest absolute Gasteiger partial charge is 0.480 e. The number of likely N-dealkylation sites (tertiary alicyclic amines) is 2. The lowest BCUT2D eigenvalue weighted by Gasteiger charge is -2.35. The Morgan fingerprint density at radius 1 is 1.21 bits per heavy atom. The molecule has 6 heteroatoms. The van der Waals surface area contributed by atoms with E-state index in [4.69, 9.17) is 0 Å². The van der Waals surface area contributed by atoms with Crippen molar-refractivity contribution in [1.29, 1.82) is 0 Å². The zero-order chi connectivity index (χ0) is 17.1. The maximum atomic E-state index is 13.3. The number of hydrogen-bond donors (Lipinski definition) is 1. The van der Waals surface area contributed by atoms with Crippen molar-refractivity contribution in [3.05, 3.63) is 35.6 Å². The lowest BCUT2D eigenvalue weighted by Crippen LogP contribution is -2.48. The van der Waals surface area contributed by atoms with Crippen molar-refractivity contribution in [2.24, 2.45) is 5.92 Å². The molecule has 0 saturated carbocycles. The first kappa shape index (κ1) is 16.9. The summed E-state index contributed by atoms with van der Waals surface area (Å²) in [6.45, 7) is 2.64. The van der Waals surface area contributed by atoms with E-state index in [9.17, 15) is 19.1 Å². The molecule has 1 amide bonds. The third-order valence-corrected chi connectivity index (χ3v) is 4.97. The highest BCUT2D eigenvalue weighted by Crippen LogP contribution is 2.25. The highest BCUT2D eigenvalue weighted by atomic mass is 19.1. The fourth-order valence-corrected chi connectivity index (χ4v) is 3.82. The van der Waals surface area contributed by atoms with Gasteiger partial charge < -0.3 is 10.0 Å². The van der Waals surface area contributed by atoms with Crippen molar-refractivity contribution < 1.29 is 19.1 Å². The summed E-state index contributed by atoms with van der Waals surface area (Å²) in [5, 5.41) is 9.26. The lowest BCUT2D eigenvalue weighted by atomic mass is 9.95. The summed E-state index contributed by atoms with van der Waals surface area (Å²) in [6, 6.07) is 5.85. The van der Waals surface area contributed by atoms with Crippen molar-refractivity contribution in [3.63, 3.8) is 0 Å². The molecule has 1 N–H and O–H groups in total. The Morgan fingerprint density at radius 2 is 2.00 bits per heavy atom. The molecule has 130 valence electrons. The molecule has 2 saturated heterocycles. The summed E-state index contributed by atoms with van der Waals surface area (Å²) < 4.78 is 13.3. The second-order valence-corrected chi connectivity index (χ2v) is 6.73. The van der Waals surface area contributed by atoms with Crippen molar-refractivity contribution in [2.45, 2.75) is 38.3 Å². The maximum absolute atomic E-state index is 13.3. The summed E-state index contributed by atoms with van der Waals surface area (Å²) in [7, 11) is 0. The third kappa shape index (κ3) is 3.75.